The topological polar surface area (TPSA) is 9.23 Å². The number of rotatable bonds is 2. The highest BCUT2D eigenvalue weighted by Crippen LogP contribution is 2.19. The van der Waals surface area contributed by atoms with Gasteiger partial charge in [-0.3, -0.25) is 0 Å². The lowest BCUT2D eigenvalue weighted by molar-refractivity contribution is 0.0988. The molecule has 1 rings (SSSR count). The molecule has 0 saturated carbocycles. The zero-order valence-corrected chi connectivity index (χ0v) is 6.27. The van der Waals surface area contributed by atoms with Crippen molar-refractivity contribution in [1.29, 1.82) is 0 Å². The molecule has 0 radical (unpaired) electrons. The number of halogens is 1. The SMILES string of the molecule is CCOC1C=CCC1Cl. The van der Waals surface area contributed by atoms with E-state index in [1.807, 2.05) is 13.0 Å². The Kier molecular flexibility index (Phi) is 2.55. The quantitative estimate of drug-likeness (QED) is 0.428. The van der Waals surface area contributed by atoms with Gasteiger partial charge >= 0.3 is 0 Å². The van der Waals surface area contributed by atoms with Gasteiger partial charge in [0, 0.05) is 6.61 Å². The maximum atomic E-state index is 5.87. The summed E-state index contributed by atoms with van der Waals surface area (Å²) in [5.74, 6) is 0. The summed E-state index contributed by atoms with van der Waals surface area (Å²) in [6.07, 6.45) is 5.21. The molecule has 1 aliphatic carbocycles. The van der Waals surface area contributed by atoms with Gasteiger partial charge in [0.2, 0.25) is 0 Å². The van der Waals surface area contributed by atoms with Crippen LogP contribution in [0.2, 0.25) is 0 Å². The monoisotopic (exact) mass is 146 g/mol. The van der Waals surface area contributed by atoms with Gasteiger partial charge in [0.15, 0.2) is 0 Å². The van der Waals surface area contributed by atoms with Crippen LogP contribution in [0.1, 0.15) is 13.3 Å². The molecular formula is C7H11ClO. The lowest BCUT2D eigenvalue weighted by Crippen LogP contribution is -2.17. The Hall–Kier alpha value is -0.0100. The predicted molar refractivity (Wildman–Crippen MR) is 38.8 cm³/mol. The maximum absolute atomic E-state index is 5.87. The minimum atomic E-state index is 0.164. The van der Waals surface area contributed by atoms with Crippen molar-refractivity contribution in [2.45, 2.75) is 24.8 Å². The summed E-state index contributed by atoms with van der Waals surface area (Å²) in [4.78, 5) is 0. The Bertz CT molecular complexity index is 111. The number of ether oxygens (including phenoxy) is 1. The summed E-state index contributed by atoms with van der Waals surface area (Å²) in [7, 11) is 0. The summed E-state index contributed by atoms with van der Waals surface area (Å²) in [6.45, 7) is 2.73. The van der Waals surface area contributed by atoms with Crippen LogP contribution in [0.15, 0.2) is 12.2 Å². The summed E-state index contributed by atoms with van der Waals surface area (Å²) < 4.78 is 5.30. The van der Waals surface area contributed by atoms with Gasteiger partial charge in [-0.05, 0) is 13.3 Å². The Morgan fingerprint density at radius 3 is 3.00 bits per heavy atom. The average molecular weight is 147 g/mol. The average Bonchev–Trinajstić information content (AvgIpc) is 2.18. The van der Waals surface area contributed by atoms with Crippen molar-refractivity contribution in [3.63, 3.8) is 0 Å². The van der Waals surface area contributed by atoms with E-state index < -0.39 is 0 Å². The van der Waals surface area contributed by atoms with Crippen LogP contribution in [-0.2, 0) is 4.74 Å². The summed E-state index contributed by atoms with van der Waals surface area (Å²) in [5, 5.41) is 0.171. The lowest BCUT2D eigenvalue weighted by Gasteiger charge is -2.11. The van der Waals surface area contributed by atoms with E-state index in [4.69, 9.17) is 16.3 Å². The van der Waals surface area contributed by atoms with E-state index in [0.29, 0.717) is 0 Å². The Morgan fingerprint density at radius 1 is 1.78 bits per heavy atom. The molecule has 0 amide bonds. The van der Waals surface area contributed by atoms with Crippen molar-refractivity contribution in [1.82, 2.24) is 0 Å². The molecule has 0 fully saturated rings. The smallest absolute Gasteiger partial charge is 0.0922 e. The molecule has 2 heteroatoms. The summed E-state index contributed by atoms with van der Waals surface area (Å²) in [6, 6.07) is 0. The predicted octanol–water partition coefficient (Wildman–Crippen LogP) is 1.96. The molecule has 0 aromatic carbocycles. The zero-order valence-electron chi connectivity index (χ0n) is 5.51. The number of hydrogen-bond acceptors (Lipinski definition) is 1. The fourth-order valence-electron chi connectivity index (χ4n) is 0.950. The minimum Gasteiger partial charge on any atom is -0.373 e. The molecular weight excluding hydrogens is 136 g/mol. The second kappa shape index (κ2) is 3.23. The third kappa shape index (κ3) is 1.70. The molecule has 0 aromatic rings. The summed E-state index contributed by atoms with van der Waals surface area (Å²) >= 11 is 5.87. The fraction of sp³-hybridized carbons (Fsp3) is 0.714. The fourth-order valence-corrected chi connectivity index (χ4v) is 1.21. The highest BCUT2D eigenvalue weighted by atomic mass is 35.5. The Morgan fingerprint density at radius 2 is 2.56 bits per heavy atom. The third-order valence-electron chi connectivity index (χ3n) is 1.40. The van der Waals surface area contributed by atoms with Crippen LogP contribution in [0.4, 0.5) is 0 Å². The zero-order chi connectivity index (χ0) is 6.69. The van der Waals surface area contributed by atoms with Crippen LogP contribution in [0.3, 0.4) is 0 Å². The molecule has 0 aliphatic heterocycles. The molecule has 0 N–H and O–H groups in total. The van der Waals surface area contributed by atoms with Crippen LogP contribution in [0.25, 0.3) is 0 Å². The first-order valence-electron chi connectivity index (χ1n) is 3.27. The molecule has 0 aromatic heterocycles. The van der Waals surface area contributed by atoms with E-state index in [1.54, 1.807) is 0 Å². The van der Waals surface area contributed by atoms with Crippen LogP contribution in [-0.4, -0.2) is 18.1 Å². The maximum Gasteiger partial charge on any atom is 0.0922 e. The van der Waals surface area contributed by atoms with Crippen molar-refractivity contribution in [3.05, 3.63) is 12.2 Å². The first kappa shape index (κ1) is 7.10. The Labute approximate surface area is 60.7 Å². The Balaban J connectivity index is 2.31. The highest BCUT2D eigenvalue weighted by Gasteiger charge is 2.19. The van der Waals surface area contributed by atoms with E-state index >= 15 is 0 Å². The first-order valence-corrected chi connectivity index (χ1v) is 3.70. The van der Waals surface area contributed by atoms with E-state index in [-0.39, 0.29) is 11.5 Å². The molecule has 0 spiro atoms. The van der Waals surface area contributed by atoms with E-state index in [9.17, 15) is 0 Å². The molecule has 0 heterocycles. The summed E-state index contributed by atoms with van der Waals surface area (Å²) in [5.41, 5.74) is 0. The standard InChI is InChI=1S/C7H11ClO/c1-2-9-7-5-3-4-6(7)8/h3,5-7H,2,4H2,1H3. The van der Waals surface area contributed by atoms with Gasteiger partial charge in [-0.1, -0.05) is 12.2 Å². The van der Waals surface area contributed by atoms with Crippen molar-refractivity contribution >= 4 is 11.6 Å². The van der Waals surface area contributed by atoms with Gasteiger partial charge in [0.1, 0.15) is 0 Å². The highest BCUT2D eigenvalue weighted by molar-refractivity contribution is 6.21. The van der Waals surface area contributed by atoms with Crippen LogP contribution >= 0.6 is 11.6 Å². The van der Waals surface area contributed by atoms with Gasteiger partial charge in [-0.15, -0.1) is 11.6 Å². The van der Waals surface area contributed by atoms with Gasteiger partial charge in [0.25, 0.3) is 0 Å². The van der Waals surface area contributed by atoms with E-state index in [1.165, 1.54) is 0 Å². The molecule has 2 unspecified atom stereocenters. The van der Waals surface area contributed by atoms with Crippen LogP contribution in [0.5, 0.6) is 0 Å². The van der Waals surface area contributed by atoms with E-state index in [2.05, 4.69) is 6.08 Å². The third-order valence-corrected chi connectivity index (χ3v) is 1.83. The first-order chi connectivity index (χ1) is 4.34. The second-order valence-electron chi connectivity index (χ2n) is 2.10. The number of hydrogen-bond donors (Lipinski definition) is 0. The van der Waals surface area contributed by atoms with E-state index in [0.717, 1.165) is 13.0 Å². The molecule has 52 valence electrons. The molecule has 0 bridgehead atoms. The van der Waals surface area contributed by atoms with Crippen LogP contribution < -0.4 is 0 Å². The normalized spacial score (nSPS) is 33.6. The van der Waals surface area contributed by atoms with Crippen molar-refractivity contribution in [3.8, 4) is 0 Å². The van der Waals surface area contributed by atoms with Crippen molar-refractivity contribution in [2.75, 3.05) is 6.61 Å². The number of allylic oxidation sites excluding steroid dienone is 1. The van der Waals surface area contributed by atoms with Gasteiger partial charge in [0.05, 0.1) is 11.5 Å². The van der Waals surface area contributed by atoms with Gasteiger partial charge < -0.3 is 4.74 Å². The molecule has 1 nitrogen and oxygen atoms in total. The molecule has 1 aliphatic rings. The number of alkyl halides is 1. The van der Waals surface area contributed by atoms with Gasteiger partial charge in [-0.2, -0.15) is 0 Å². The second-order valence-corrected chi connectivity index (χ2v) is 2.66. The molecule has 2 atom stereocenters. The largest absolute Gasteiger partial charge is 0.373 e. The van der Waals surface area contributed by atoms with Crippen molar-refractivity contribution < 1.29 is 4.74 Å². The molecule has 9 heavy (non-hydrogen) atoms. The van der Waals surface area contributed by atoms with Gasteiger partial charge in [-0.25, -0.2) is 0 Å². The molecule has 0 saturated heterocycles. The van der Waals surface area contributed by atoms with Crippen molar-refractivity contribution in [2.24, 2.45) is 0 Å². The van der Waals surface area contributed by atoms with Crippen LogP contribution in [0, 0.1) is 0 Å². The lowest BCUT2D eigenvalue weighted by atomic mass is 10.3. The minimum absolute atomic E-state index is 0.164.